The van der Waals surface area contributed by atoms with Gasteiger partial charge in [-0.05, 0) is 30.8 Å². The molecule has 5 rings (SSSR count). The zero-order chi connectivity index (χ0) is 21.8. The maximum Gasteiger partial charge on any atom is 0.206 e. The summed E-state index contributed by atoms with van der Waals surface area (Å²) in [5, 5.41) is 0. The summed E-state index contributed by atoms with van der Waals surface area (Å²) in [5.74, 6) is 0.180. The second-order valence-electron chi connectivity index (χ2n) is 9.26. The normalized spacial score (nSPS) is 24.4. The van der Waals surface area contributed by atoms with Crippen molar-refractivity contribution in [3.05, 3.63) is 108 Å². The van der Waals surface area contributed by atoms with Gasteiger partial charge in [-0.3, -0.25) is 9.69 Å². The lowest BCUT2D eigenvalue weighted by atomic mass is 9.59. The molecule has 3 nitrogen and oxygen atoms in total. The van der Waals surface area contributed by atoms with Crippen molar-refractivity contribution in [3.63, 3.8) is 0 Å². The highest BCUT2D eigenvalue weighted by Gasteiger charge is 2.75. The summed E-state index contributed by atoms with van der Waals surface area (Å²) in [6.45, 7) is 4.46. The van der Waals surface area contributed by atoms with E-state index in [1.165, 1.54) is 5.56 Å². The third-order valence-electron chi connectivity index (χ3n) is 7.08. The number of nitrogens with zero attached hydrogens (tertiary/aromatic N) is 2. The number of fused-ring (bicyclic) bond motifs is 1. The summed E-state index contributed by atoms with van der Waals surface area (Å²) in [7, 11) is 4.06. The predicted octanol–water partition coefficient (Wildman–Crippen LogP) is 5.48. The van der Waals surface area contributed by atoms with Crippen LogP contribution in [0.1, 0.15) is 36.6 Å². The minimum absolute atomic E-state index is 0.0940. The van der Waals surface area contributed by atoms with Crippen molar-refractivity contribution in [2.45, 2.75) is 25.6 Å². The Hall–Kier alpha value is -3.17. The molecule has 0 saturated carbocycles. The van der Waals surface area contributed by atoms with Crippen LogP contribution in [0.2, 0.25) is 0 Å². The second kappa shape index (κ2) is 6.93. The van der Waals surface area contributed by atoms with Gasteiger partial charge in [0.2, 0.25) is 5.78 Å². The fraction of sp³-hybridized carbons (Fsp3) is 0.250. The van der Waals surface area contributed by atoms with E-state index < -0.39 is 5.66 Å². The molecule has 156 valence electrons. The van der Waals surface area contributed by atoms with E-state index in [-0.39, 0.29) is 17.2 Å². The number of hydrogen-bond acceptors (Lipinski definition) is 3. The fourth-order valence-corrected chi connectivity index (χ4v) is 5.99. The molecule has 0 N–H and O–H groups in total. The van der Waals surface area contributed by atoms with Crippen LogP contribution in [0, 0.1) is 5.41 Å². The zero-order valence-corrected chi connectivity index (χ0v) is 18.5. The Labute approximate surface area is 184 Å². The van der Waals surface area contributed by atoms with Crippen LogP contribution < -0.4 is 0 Å². The lowest BCUT2D eigenvalue weighted by Crippen LogP contribution is -2.79. The van der Waals surface area contributed by atoms with Gasteiger partial charge in [0.15, 0.2) is 5.66 Å². The number of carbonyl (C=O) groups is 1. The molecule has 0 radical (unpaired) electrons. The molecule has 3 aromatic rings. The summed E-state index contributed by atoms with van der Waals surface area (Å²) in [6, 6.07) is 31.2. The van der Waals surface area contributed by atoms with Gasteiger partial charge < -0.3 is 4.90 Å². The van der Waals surface area contributed by atoms with Crippen molar-refractivity contribution in [2.24, 2.45) is 5.41 Å². The third-order valence-corrected chi connectivity index (χ3v) is 7.08. The minimum Gasteiger partial charge on any atom is -0.337 e. The highest BCUT2D eigenvalue weighted by atomic mass is 16.1. The van der Waals surface area contributed by atoms with E-state index in [0.29, 0.717) is 0 Å². The van der Waals surface area contributed by atoms with E-state index in [1.807, 2.05) is 56.6 Å². The van der Waals surface area contributed by atoms with Crippen LogP contribution in [0.5, 0.6) is 0 Å². The number of rotatable bonds is 4. The molecular weight excluding hydrogens is 380 g/mol. The number of hydrogen-bond donors (Lipinski definition) is 0. The van der Waals surface area contributed by atoms with Crippen LogP contribution in [0.4, 0.5) is 0 Å². The summed E-state index contributed by atoms with van der Waals surface area (Å²) in [5.41, 5.74) is 4.11. The van der Waals surface area contributed by atoms with Gasteiger partial charge in [-0.2, -0.15) is 0 Å². The largest absolute Gasteiger partial charge is 0.337 e. The molecule has 0 amide bonds. The van der Waals surface area contributed by atoms with E-state index in [1.54, 1.807) is 0 Å². The highest BCUT2D eigenvalue weighted by molar-refractivity contribution is 6.35. The Balaban J connectivity index is 1.83. The maximum atomic E-state index is 14.4. The number of ketones is 1. The summed E-state index contributed by atoms with van der Waals surface area (Å²) < 4.78 is 0. The number of carbonyl (C=O) groups excluding carboxylic acids is 1. The van der Waals surface area contributed by atoms with Crippen LogP contribution in [0.25, 0.3) is 11.3 Å². The zero-order valence-electron chi connectivity index (χ0n) is 18.5. The van der Waals surface area contributed by atoms with Crippen LogP contribution in [-0.4, -0.2) is 35.3 Å². The number of likely N-dealkylation sites (N-methyl/N-ethyl adjacent to an activating group) is 1. The van der Waals surface area contributed by atoms with Crippen LogP contribution >= 0.6 is 0 Å². The van der Waals surface area contributed by atoms with Gasteiger partial charge in [-0.1, -0.05) is 105 Å². The monoisotopic (exact) mass is 408 g/mol. The van der Waals surface area contributed by atoms with Crippen molar-refractivity contribution in [3.8, 4) is 0 Å². The van der Waals surface area contributed by atoms with E-state index in [2.05, 4.69) is 72.2 Å². The van der Waals surface area contributed by atoms with Crippen molar-refractivity contribution < 1.29 is 4.79 Å². The molecule has 0 bridgehead atoms. The average Bonchev–Trinajstić information content (AvgIpc) is 3.03. The van der Waals surface area contributed by atoms with E-state index in [0.717, 1.165) is 22.4 Å². The first kappa shape index (κ1) is 19.8. The molecule has 2 aliphatic rings. The standard InChI is InChI=1S/C28H28N2O/c1-27(2)25(22-18-12-7-13-19-22)30-24(21-16-10-6-11-17-21)23(20-14-8-5-9-15-20)26(31)28(27,30)29(3)4/h5-19,25H,1-4H3/t25-,28-/m1/s1. The minimum atomic E-state index is -0.732. The van der Waals surface area contributed by atoms with Crippen molar-refractivity contribution >= 4 is 17.1 Å². The number of Topliss-reactive ketones (excluding diaryl/α,β-unsaturated/α-hetero) is 1. The Morgan fingerprint density at radius 1 is 0.742 bits per heavy atom. The maximum absolute atomic E-state index is 14.4. The van der Waals surface area contributed by atoms with Gasteiger partial charge in [-0.15, -0.1) is 0 Å². The first-order chi connectivity index (χ1) is 14.9. The Morgan fingerprint density at radius 2 is 1.23 bits per heavy atom. The average molecular weight is 409 g/mol. The van der Waals surface area contributed by atoms with Gasteiger partial charge in [0.25, 0.3) is 0 Å². The lowest BCUT2D eigenvalue weighted by Gasteiger charge is -2.69. The Bertz CT molecular complexity index is 1150. The summed E-state index contributed by atoms with van der Waals surface area (Å²) in [6.07, 6.45) is 0. The van der Waals surface area contributed by atoms with Crippen molar-refractivity contribution in [1.82, 2.24) is 9.80 Å². The molecule has 31 heavy (non-hydrogen) atoms. The molecule has 0 unspecified atom stereocenters. The lowest BCUT2D eigenvalue weighted by molar-refractivity contribution is -0.216. The third kappa shape index (κ3) is 2.47. The SMILES string of the molecule is CN(C)[C@]12C(=O)C(c3ccccc3)=C(c3ccccc3)N1[C@H](c1ccccc1)C2(C)C. The number of benzene rings is 3. The summed E-state index contributed by atoms with van der Waals surface area (Å²) in [4.78, 5) is 18.9. The van der Waals surface area contributed by atoms with E-state index in [9.17, 15) is 4.79 Å². The van der Waals surface area contributed by atoms with E-state index >= 15 is 0 Å². The first-order valence-electron chi connectivity index (χ1n) is 10.8. The topological polar surface area (TPSA) is 23.6 Å². The predicted molar refractivity (Wildman–Crippen MR) is 126 cm³/mol. The first-order valence-corrected chi connectivity index (χ1v) is 10.8. The quantitative estimate of drug-likeness (QED) is 0.571. The van der Waals surface area contributed by atoms with Gasteiger partial charge in [0, 0.05) is 5.41 Å². The molecule has 2 atom stereocenters. The van der Waals surface area contributed by atoms with Crippen LogP contribution in [0.15, 0.2) is 91.0 Å². The van der Waals surface area contributed by atoms with Crippen molar-refractivity contribution in [2.75, 3.05) is 14.1 Å². The molecule has 1 saturated heterocycles. The van der Waals surface area contributed by atoms with Gasteiger partial charge in [-0.25, -0.2) is 0 Å². The molecule has 0 aromatic heterocycles. The van der Waals surface area contributed by atoms with Crippen LogP contribution in [-0.2, 0) is 4.79 Å². The van der Waals surface area contributed by atoms with Gasteiger partial charge in [0.1, 0.15) is 0 Å². The molecular formula is C28H28N2O. The van der Waals surface area contributed by atoms with Gasteiger partial charge >= 0.3 is 0 Å². The molecule has 0 aliphatic carbocycles. The highest BCUT2D eigenvalue weighted by Crippen LogP contribution is 2.69. The molecule has 3 aromatic carbocycles. The van der Waals surface area contributed by atoms with E-state index in [4.69, 9.17) is 0 Å². The molecule has 2 aliphatic heterocycles. The molecule has 0 spiro atoms. The van der Waals surface area contributed by atoms with Crippen LogP contribution in [0.3, 0.4) is 0 Å². The fourth-order valence-electron chi connectivity index (χ4n) is 5.99. The van der Waals surface area contributed by atoms with Crippen molar-refractivity contribution in [1.29, 1.82) is 0 Å². The smallest absolute Gasteiger partial charge is 0.206 e. The molecule has 3 heteroatoms. The van der Waals surface area contributed by atoms with Gasteiger partial charge in [0.05, 0.1) is 17.3 Å². The molecule has 2 heterocycles. The molecule has 1 fully saturated rings. The second-order valence-corrected chi connectivity index (χ2v) is 9.26. The Kier molecular flexibility index (Phi) is 4.42. The Morgan fingerprint density at radius 3 is 1.74 bits per heavy atom. The summed E-state index contributed by atoms with van der Waals surface area (Å²) >= 11 is 0.